The van der Waals surface area contributed by atoms with Crippen molar-refractivity contribution in [2.24, 2.45) is 4.99 Å². The van der Waals surface area contributed by atoms with Gasteiger partial charge in [0.15, 0.2) is 0 Å². The molecule has 4 nitrogen and oxygen atoms in total. The van der Waals surface area contributed by atoms with Gasteiger partial charge in [-0.15, -0.1) is 0 Å². The molecule has 1 aromatic heterocycles. The van der Waals surface area contributed by atoms with Gasteiger partial charge in [-0.2, -0.15) is 0 Å². The summed E-state index contributed by atoms with van der Waals surface area (Å²) in [7, 11) is 0. The van der Waals surface area contributed by atoms with E-state index >= 15 is 0 Å². The highest BCUT2D eigenvalue weighted by Crippen LogP contribution is 2.33. The van der Waals surface area contributed by atoms with Crippen LogP contribution in [0.4, 0.5) is 5.69 Å². The standard InChI is InChI=1S/C21H15NO3/c1-13-11-19(23)25-21-16(13)9-10-17-18(21)8-7-14(20(17)24)12-22-15-5-3-2-4-6-15/h2-12,24H,1H3. The third-order valence-corrected chi connectivity index (χ3v) is 4.22. The van der Waals surface area contributed by atoms with E-state index in [1.165, 1.54) is 6.07 Å². The molecule has 0 aliphatic rings. The van der Waals surface area contributed by atoms with Crippen LogP contribution in [0.3, 0.4) is 0 Å². The molecular weight excluding hydrogens is 314 g/mol. The maximum atomic E-state index is 11.7. The second-order valence-electron chi connectivity index (χ2n) is 5.88. The monoisotopic (exact) mass is 329 g/mol. The SMILES string of the molecule is Cc1cc(=O)oc2c1ccc1c(O)c(C=Nc3ccccc3)ccc12. The van der Waals surface area contributed by atoms with Gasteiger partial charge in [0.25, 0.3) is 0 Å². The number of aryl methyl sites for hydroxylation is 1. The molecule has 0 fully saturated rings. The zero-order valence-electron chi connectivity index (χ0n) is 13.6. The molecule has 1 N–H and O–H groups in total. The molecular formula is C21H15NO3. The normalized spacial score (nSPS) is 11.6. The van der Waals surface area contributed by atoms with Gasteiger partial charge in [0.2, 0.25) is 0 Å². The van der Waals surface area contributed by atoms with Crippen molar-refractivity contribution in [1.82, 2.24) is 0 Å². The van der Waals surface area contributed by atoms with Crippen molar-refractivity contribution in [2.75, 3.05) is 0 Å². The molecule has 0 saturated carbocycles. The molecule has 0 bridgehead atoms. The maximum absolute atomic E-state index is 11.7. The van der Waals surface area contributed by atoms with E-state index in [0.717, 1.165) is 16.6 Å². The third kappa shape index (κ3) is 2.68. The summed E-state index contributed by atoms with van der Waals surface area (Å²) in [6.07, 6.45) is 1.63. The lowest BCUT2D eigenvalue weighted by Crippen LogP contribution is -1.98. The smallest absolute Gasteiger partial charge is 0.336 e. The second kappa shape index (κ2) is 5.91. The Hall–Kier alpha value is -3.40. The van der Waals surface area contributed by atoms with E-state index in [9.17, 15) is 9.90 Å². The molecule has 0 saturated heterocycles. The fourth-order valence-electron chi connectivity index (χ4n) is 2.95. The van der Waals surface area contributed by atoms with Crippen LogP contribution < -0.4 is 5.63 Å². The minimum Gasteiger partial charge on any atom is -0.507 e. The number of aromatic hydroxyl groups is 1. The fraction of sp³-hybridized carbons (Fsp3) is 0.0476. The van der Waals surface area contributed by atoms with Crippen molar-refractivity contribution < 1.29 is 9.52 Å². The number of nitrogens with zero attached hydrogens (tertiary/aromatic N) is 1. The van der Waals surface area contributed by atoms with Gasteiger partial charge >= 0.3 is 5.63 Å². The van der Waals surface area contributed by atoms with Crippen LogP contribution in [-0.2, 0) is 0 Å². The summed E-state index contributed by atoms with van der Waals surface area (Å²) in [5.41, 5.74) is 2.35. The van der Waals surface area contributed by atoms with Crippen LogP contribution in [0.5, 0.6) is 5.75 Å². The van der Waals surface area contributed by atoms with Gasteiger partial charge < -0.3 is 9.52 Å². The van der Waals surface area contributed by atoms with Gasteiger partial charge in [-0.05, 0) is 42.8 Å². The van der Waals surface area contributed by atoms with E-state index in [2.05, 4.69) is 4.99 Å². The Labute approximate surface area is 143 Å². The van der Waals surface area contributed by atoms with Gasteiger partial charge in [0, 0.05) is 34.0 Å². The Morgan fingerprint density at radius 1 is 0.960 bits per heavy atom. The van der Waals surface area contributed by atoms with Crippen molar-refractivity contribution in [3.63, 3.8) is 0 Å². The van der Waals surface area contributed by atoms with E-state index < -0.39 is 5.63 Å². The van der Waals surface area contributed by atoms with Crippen molar-refractivity contribution in [1.29, 1.82) is 0 Å². The zero-order chi connectivity index (χ0) is 17.4. The first-order chi connectivity index (χ1) is 12.1. The summed E-state index contributed by atoms with van der Waals surface area (Å²) >= 11 is 0. The van der Waals surface area contributed by atoms with Crippen LogP contribution >= 0.6 is 0 Å². The molecule has 0 atom stereocenters. The Morgan fingerprint density at radius 2 is 1.68 bits per heavy atom. The van der Waals surface area contributed by atoms with Crippen molar-refractivity contribution >= 4 is 33.6 Å². The van der Waals surface area contributed by atoms with Gasteiger partial charge in [-0.25, -0.2) is 4.79 Å². The number of hydrogen-bond acceptors (Lipinski definition) is 4. The van der Waals surface area contributed by atoms with Crippen LogP contribution in [0.15, 0.2) is 74.9 Å². The minimum atomic E-state index is -0.397. The first-order valence-corrected chi connectivity index (χ1v) is 7.92. The number of hydrogen-bond donors (Lipinski definition) is 1. The zero-order valence-corrected chi connectivity index (χ0v) is 13.6. The summed E-state index contributed by atoms with van der Waals surface area (Å²) in [6, 6.07) is 18.3. The van der Waals surface area contributed by atoms with Crippen LogP contribution in [-0.4, -0.2) is 11.3 Å². The molecule has 0 aliphatic heterocycles. The van der Waals surface area contributed by atoms with Gasteiger partial charge in [0.05, 0.1) is 5.69 Å². The largest absolute Gasteiger partial charge is 0.507 e. The number of aliphatic imine (C=N–C) groups is 1. The van der Waals surface area contributed by atoms with Gasteiger partial charge in [-0.3, -0.25) is 4.99 Å². The molecule has 25 heavy (non-hydrogen) atoms. The van der Waals surface area contributed by atoms with Gasteiger partial charge in [-0.1, -0.05) is 24.3 Å². The number of phenolic OH excluding ortho intramolecular Hbond substituents is 1. The Kier molecular flexibility index (Phi) is 3.58. The highest BCUT2D eigenvalue weighted by molar-refractivity contribution is 6.09. The minimum absolute atomic E-state index is 0.114. The number of phenols is 1. The predicted octanol–water partition coefficient (Wildman–Crippen LogP) is 4.71. The summed E-state index contributed by atoms with van der Waals surface area (Å²) in [4.78, 5) is 16.1. The first kappa shape index (κ1) is 15.1. The molecule has 4 heteroatoms. The van der Waals surface area contributed by atoms with Gasteiger partial charge in [0.1, 0.15) is 11.3 Å². The molecule has 3 aromatic carbocycles. The van der Waals surface area contributed by atoms with E-state index in [1.54, 1.807) is 12.3 Å². The maximum Gasteiger partial charge on any atom is 0.336 e. The lowest BCUT2D eigenvalue weighted by atomic mass is 10.0. The second-order valence-corrected chi connectivity index (χ2v) is 5.88. The van der Waals surface area contributed by atoms with E-state index in [-0.39, 0.29) is 5.75 Å². The number of benzene rings is 3. The molecule has 0 spiro atoms. The molecule has 0 radical (unpaired) electrons. The molecule has 122 valence electrons. The van der Waals surface area contributed by atoms with E-state index in [0.29, 0.717) is 21.9 Å². The Balaban J connectivity index is 1.90. The van der Waals surface area contributed by atoms with E-state index in [4.69, 9.17) is 4.42 Å². The number of fused-ring (bicyclic) bond motifs is 3. The highest BCUT2D eigenvalue weighted by Gasteiger charge is 2.11. The van der Waals surface area contributed by atoms with Crippen molar-refractivity contribution in [3.8, 4) is 5.75 Å². The molecule has 0 amide bonds. The third-order valence-electron chi connectivity index (χ3n) is 4.22. The Bertz CT molecular complexity index is 1170. The quantitative estimate of drug-likeness (QED) is 0.329. The molecule has 0 unspecified atom stereocenters. The first-order valence-electron chi connectivity index (χ1n) is 7.92. The summed E-state index contributed by atoms with van der Waals surface area (Å²) < 4.78 is 5.38. The summed E-state index contributed by atoms with van der Waals surface area (Å²) in [6.45, 7) is 1.87. The van der Waals surface area contributed by atoms with Crippen molar-refractivity contribution in [2.45, 2.75) is 6.92 Å². The average Bonchev–Trinajstić information content (AvgIpc) is 2.62. The Morgan fingerprint density at radius 3 is 2.48 bits per heavy atom. The lowest BCUT2D eigenvalue weighted by molar-refractivity contribution is 0.480. The predicted molar refractivity (Wildman–Crippen MR) is 100 cm³/mol. The van der Waals surface area contributed by atoms with Crippen LogP contribution in [0.25, 0.3) is 21.7 Å². The summed E-state index contributed by atoms with van der Waals surface area (Å²) in [5.74, 6) is 0.114. The molecule has 4 aromatic rings. The number of para-hydroxylation sites is 1. The number of rotatable bonds is 2. The average molecular weight is 329 g/mol. The van der Waals surface area contributed by atoms with E-state index in [1.807, 2.05) is 55.5 Å². The summed E-state index contributed by atoms with van der Waals surface area (Å²) in [5, 5.41) is 12.8. The highest BCUT2D eigenvalue weighted by atomic mass is 16.4. The van der Waals surface area contributed by atoms with Crippen LogP contribution in [0.2, 0.25) is 0 Å². The molecule has 0 aliphatic carbocycles. The van der Waals surface area contributed by atoms with Crippen LogP contribution in [0.1, 0.15) is 11.1 Å². The lowest BCUT2D eigenvalue weighted by Gasteiger charge is -2.08. The topological polar surface area (TPSA) is 62.8 Å². The van der Waals surface area contributed by atoms with Crippen molar-refractivity contribution in [3.05, 3.63) is 82.2 Å². The van der Waals surface area contributed by atoms with Crippen LogP contribution in [0, 0.1) is 6.92 Å². The molecule has 4 rings (SSSR count). The fourth-order valence-corrected chi connectivity index (χ4v) is 2.95. The molecule has 1 heterocycles.